The van der Waals surface area contributed by atoms with E-state index in [1.165, 1.54) is 0 Å². The maximum Gasteiger partial charge on any atom is 0.426 e. The highest BCUT2D eigenvalue weighted by Gasteiger charge is 2.16. The number of rotatable bonds is 2. The molecule has 0 atom stereocenters. The van der Waals surface area contributed by atoms with Gasteiger partial charge in [-0.25, -0.2) is 9.36 Å². The van der Waals surface area contributed by atoms with Crippen molar-refractivity contribution in [3.63, 3.8) is 0 Å². The molecule has 0 aliphatic carbocycles. The van der Waals surface area contributed by atoms with Gasteiger partial charge in [0.05, 0.1) is 5.52 Å². The summed E-state index contributed by atoms with van der Waals surface area (Å²) >= 11 is 5.84. The second-order valence-corrected chi connectivity index (χ2v) is 4.74. The Morgan fingerprint density at radius 3 is 2.82 bits per heavy atom. The Balaban J connectivity index is 2.60. The molecule has 1 heterocycles. The Morgan fingerprint density at radius 2 is 2.18 bits per heavy atom. The number of benzene rings is 1. The van der Waals surface area contributed by atoms with E-state index < -0.39 is 5.76 Å². The minimum Gasteiger partial charge on any atom is -0.407 e. The van der Waals surface area contributed by atoms with E-state index in [1.807, 2.05) is 13.8 Å². The summed E-state index contributed by atoms with van der Waals surface area (Å²) in [7, 11) is 0. The molecule has 5 heteroatoms. The van der Waals surface area contributed by atoms with E-state index >= 15 is 0 Å². The molecule has 0 aliphatic rings. The molecule has 2 rings (SSSR count). The second-order valence-electron chi connectivity index (χ2n) is 4.31. The number of fused-ring (bicyclic) bond motifs is 1. The van der Waals surface area contributed by atoms with E-state index in [2.05, 4.69) is 0 Å². The van der Waals surface area contributed by atoms with Crippen LogP contribution in [0.2, 0.25) is 5.02 Å². The standard InChI is InChI=1S/C12H12ClNO3/c1-7(2)5-11(15)14-9-6-8(13)3-4-10(9)17-12(14)16/h3-4,6-7H,5H2,1-2H3. The average molecular weight is 254 g/mol. The molecule has 0 aliphatic heterocycles. The molecule has 0 amide bonds. The molecule has 0 spiro atoms. The van der Waals surface area contributed by atoms with Gasteiger partial charge in [-0.05, 0) is 24.1 Å². The molecule has 1 aromatic heterocycles. The third-order valence-corrected chi connectivity index (χ3v) is 2.61. The zero-order valence-electron chi connectivity index (χ0n) is 9.57. The number of hydrogen-bond acceptors (Lipinski definition) is 3. The van der Waals surface area contributed by atoms with Crippen LogP contribution in [-0.4, -0.2) is 10.5 Å². The second kappa shape index (κ2) is 4.37. The van der Waals surface area contributed by atoms with Crippen molar-refractivity contribution in [2.45, 2.75) is 20.3 Å². The molecular formula is C12H12ClNO3. The highest BCUT2D eigenvalue weighted by atomic mass is 35.5. The summed E-state index contributed by atoms with van der Waals surface area (Å²) in [4.78, 5) is 23.5. The van der Waals surface area contributed by atoms with Crippen molar-refractivity contribution in [1.82, 2.24) is 4.57 Å². The number of aromatic nitrogens is 1. The number of nitrogens with zero attached hydrogens (tertiary/aromatic N) is 1. The average Bonchev–Trinajstić information content (AvgIpc) is 2.52. The lowest BCUT2D eigenvalue weighted by Crippen LogP contribution is -2.23. The number of carbonyl (C=O) groups excluding carboxylic acids is 1. The summed E-state index contributed by atoms with van der Waals surface area (Å²) < 4.78 is 6.03. The minimum atomic E-state index is -0.659. The molecule has 0 bridgehead atoms. The third-order valence-electron chi connectivity index (χ3n) is 2.37. The van der Waals surface area contributed by atoms with Crippen molar-refractivity contribution >= 4 is 28.6 Å². The molecule has 0 unspecified atom stereocenters. The zero-order chi connectivity index (χ0) is 12.6. The van der Waals surface area contributed by atoms with Gasteiger partial charge in [-0.1, -0.05) is 25.4 Å². The molecule has 0 N–H and O–H groups in total. The maximum atomic E-state index is 11.9. The minimum absolute atomic E-state index is 0.179. The van der Waals surface area contributed by atoms with Gasteiger partial charge in [0.2, 0.25) is 5.91 Å². The fourth-order valence-corrected chi connectivity index (χ4v) is 1.83. The fraction of sp³-hybridized carbons (Fsp3) is 0.333. The summed E-state index contributed by atoms with van der Waals surface area (Å²) in [6.07, 6.45) is 0.293. The van der Waals surface area contributed by atoms with Crippen molar-refractivity contribution in [1.29, 1.82) is 0 Å². The maximum absolute atomic E-state index is 11.9. The zero-order valence-corrected chi connectivity index (χ0v) is 10.3. The van der Waals surface area contributed by atoms with Gasteiger partial charge in [-0.2, -0.15) is 0 Å². The van der Waals surface area contributed by atoms with Crippen LogP contribution in [0.3, 0.4) is 0 Å². The Morgan fingerprint density at radius 1 is 1.47 bits per heavy atom. The first kappa shape index (κ1) is 11.9. The molecule has 1 aromatic carbocycles. The van der Waals surface area contributed by atoms with Gasteiger partial charge in [-0.15, -0.1) is 0 Å². The van der Waals surface area contributed by atoms with E-state index in [1.54, 1.807) is 18.2 Å². The Kier molecular flexibility index (Phi) is 3.07. The van der Waals surface area contributed by atoms with Crippen LogP contribution >= 0.6 is 11.6 Å². The molecule has 0 saturated heterocycles. The van der Waals surface area contributed by atoms with Crippen LogP contribution < -0.4 is 5.76 Å². The third kappa shape index (κ3) is 2.26. The molecule has 0 saturated carbocycles. The van der Waals surface area contributed by atoms with Gasteiger partial charge < -0.3 is 4.42 Å². The first-order valence-electron chi connectivity index (χ1n) is 5.33. The first-order chi connectivity index (χ1) is 7.99. The van der Waals surface area contributed by atoms with Gasteiger partial charge >= 0.3 is 5.76 Å². The van der Waals surface area contributed by atoms with Crippen molar-refractivity contribution in [2.24, 2.45) is 5.92 Å². The van der Waals surface area contributed by atoms with E-state index in [0.717, 1.165) is 4.57 Å². The summed E-state index contributed by atoms with van der Waals surface area (Å²) in [6, 6.07) is 4.75. The smallest absolute Gasteiger partial charge is 0.407 e. The summed E-state index contributed by atoms with van der Waals surface area (Å²) in [5, 5.41) is 0.462. The topological polar surface area (TPSA) is 52.2 Å². The van der Waals surface area contributed by atoms with E-state index in [-0.39, 0.29) is 11.8 Å². The van der Waals surface area contributed by atoms with Crippen LogP contribution in [0.5, 0.6) is 0 Å². The van der Waals surface area contributed by atoms with Gasteiger partial charge in [0.1, 0.15) is 0 Å². The monoisotopic (exact) mass is 253 g/mol. The summed E-state index contributed by atoms with van der Waals surface area (Å²) in [5.74, 6) is -0.752. The first-order valence-corrected chi connectivity index (χ1v) is 5.71. The van der Waals surface area contributed by atoms with Gasteiger partial charge in [0.15, 0.2) is 5.58 Å². The summed E-state index contributed by atoms with van der Waals surface area (Å²) in [5.41, 5.74) is 0.796. The number of carbonyl (C=O) groups is 1. The molecule has 90 valence electrons. The molecule has 4 nitrogen and oxygen atoms in total. The Bertz CT molecular complexity index is 624. The lowest BCUT2D eigenvalue weighted by molar-refractivity contribution is 0.0883. The van der Waals surface area contributed by atoms with Gasteiger partial charge in [0, 0.05) is 11.4 Å². The van der Waals surface area contributed by atoms with Crippen LogP contribution in [0.25, 0.3) is 11.1 Å². The highest BCUT2D eigenvalue weighted by Crippen LogP contribution is 2.19. The summed E-state index contributed by atoms with van der Waals surface area (Å²) in [6.45, 7) is 3.83. The lowest BCUT2D eigenvalue weighted by atomic mass is 10.1. The molecule has 17 heavy (non-hydrogen) atoms. The normalized spacial score (nSPS) is 11.3. The number of oxazole rings is 1. The molecule has 2 aromatic rings. The number of hydrogen-bond donors (Lipinski definition) is 0. The van der Waals surface area contributed by atoms with Gasteiger partial charge in [-0.3, -0.25) is 4.79 Å². The predicted octanol–water partition coefficient (Wildman–Crippen LogP) is 2.93. The van der Waals surface area contributed by atoms with Crippen molar-refractivity contribution in [2.75, 3.05) is 0 Å². The quantitative estimate of drug-likeness (QED) is 0.827. The van der Waals surface area contributed by atoms with Crippen molar-refractivity contribution in [3.05, 3.63) is 33.8 Å². The largest absolute Gasteiger partial charge is 0.426 e. The molecule has 0 radical (unpaired) electrons. The predicted molar refractivity (Wildman–Crippen MR) is 65.6 cm³/mol. The van der Waals surface area contributed by atoms with Crippen LogP contribution in [0.15, 0.2) is 27.4 Å². The molecular weight excluding hydrogens is 242 g/mol. The molecule has 0 fully saturated rings. The van der Waals surface area contributed by atoms with E-state index in [9.17, 15) is 9.59 Å². The van der Waals surface area contributed by atoms with Crippen LogP contribution in [0, 0.1) is 5.92 Å². The van der Waals surface area contributed by atoms with Crippen LogP contribution in [-0.2, 0) is 0 Å². The Hall–Kier alpha value is -1.55. The highest BCUT2D eigenvalue weighted by molar-refractivity contribution is 6.31. The number of halogens is 1. The SMILES string of the molecule is CC(C)CC(=O)n1c(=O)oc2ccc(Cl)cc21. The van der Waals surface area contributed by atoms with Crippen LogP contribution in [0.4, 0.5) is 0 Å². The Labute approximate surface area is 103 Å². The lowest BCUT2D eigenvalue weighted by Gasteiger charge is -2.03. The van der Waals surface area contributed by atoms with Gasteiger partial charge in [0.25, 0.3) is 0 Å². The fourth-order valence-electron chi connectivity index (χ4n) is 1.67. The van der Waals surface area contributed by atoms with Crippen molar-refractivity contribution < 1.29 is 9.21 Å². The van der Waals surface area contributed by atoms with Crippen molar-refractivity contribution in [3.8, 4) is 0 Å². The van der Waals surface area contributed by atoms with E-state index in [4.69, 9.17) is 16.0 Å². The van der Waals surface area contributed by atoms with Crippen LogP contribution in [0.1, 0.15) is 25.1 Å². The van der Waals surface area contributed by atoms with E-state index in [0.29, 0.717) is 22.5 Å².